The number of nitrogens with zero attached hydrogens (tertiary/aromatic N) is 4. The molecule has 0 amide bonds. The molecule has 0 saturated carbocycles. The second-order valence-electron chi connectivity index (χ2n) is 4.40. The predicted molar refractivity (Wildman–Crippen MR) is 80.3 cm³/mol. The molecule has 5 nitrogen and oxygen atoms in total. The van der Waals surface area contributed by atoms with E-state index in [9.17, 15) is 0 Å². The van der Waals surface area contributed by atoms with Gasteiger partial charge in [0.1, 0.15) is 5.52 Å². The molecule has 1 N–H and O–H groups in total. The third kappa shape index (κ3) is 2.55. The van der Waals surface area contributed by atoms with E-state index >= 15 is 0 Å². The van der Waals surface area contributed by atoms with Crippen LogP contribution < -0.4 is 4.90 Å². The first kappa shape index (κ1) is 13.1. The Balaban J connectivity index is 1.93. The number of rotatable bonds is 3. The summed E-state index contributed by atoms with van der Waals surface area (Å²) in [5, 5.41) is 0.903. The van der Waals surface area contributed by atoms with Crippen LogP contribution in [0.25, 0.3) is 11.2 Å². The van der Waals surface area contributed by atoms with E-state index < -0.39 is 0 Å². The van der Waals surface area contributed by atoms with Crippen LogP contribution in [0.5, 0.6) is 0 Å². The maximum atomic E-state index is 5.93. The normalized spacial score (nSPS) is 10.9. The molecule has 1 aromatic carbocycles. The highest BCUT2D eigenvalue weighted by molar-refractivity contribution is 6.30. The highest BCUT2D eigenvalue weighted by atomic mass is 35.5. The number of benzene rings is 1. The third-order valence-corrected chi connectivity index (χ3v) is 3.35. The van der Waals surface area contributed by atoms with Crippen LogP contribution in [0.2, 0.25) is 10.3 Å². The number of aromatic amines is 1. The van der Waals surface area contributed by atoms with Crippen LogP contribution in [0.3, 0.4) is 0 Å². The van der Waals surface area contributed by atoms with Gasteiger partial charge >= 0.3 is 0 Å². The van der Waals surface area contributed by atoms with Crippen LogP contribution in [0, 0.1) is 0 Å². The predicted octanol–water partition coefficient (Wildman–Crippen LogP) is 3.30. The molecule has 0 aliphatic rings. The summed E-state index contributed by atoms with van der Waals surface area (Å²) in [5.74, 6) is 0.715. The van der Waals surface area contributed by atoms with Crippen molar-refractivity contribution in [1.82, 2.24) is 19.9 Å². The molecular formula is C13H11Cl2N5. The summed E-state index contributed by atoms with van der Waals surface area (Å²) in [6, 6.07) is 7.69. The van der Waals surface area contributed by atoms with E-state index in [2.05, 4.69) is 19.9 Å². The van der Waals surface area contributed by atoms with Crippen LogP contribution in [-0.4, -0.2) is 27.0 Å². The lowest BCUT2D eigenvalue weighted by Gasteiger charge is -2.18. The molecule has 0 atom stereocenters. The summed E-state index contributed by atoms with van der Waals surface area (Å²) in [7, 11) is 1.94. The zero-order chi connectivity index (χ0) is 14.1. The van der Waals surface area contributed by atoms with Crippen molar-refractivity contribution in [3.8, 4) is 0 Å². The van der Waals surface area contributed by atoms with E-state index in [1.165, 1.54) is 0 Å². The first-order chi connectivity index (χ1) is 9.63. The van der Waals surface area contributed by atoms with Gasteiger partial charge in [-0.05, 0) is 29.3 Å². The maximum Gasteiger partial charge on any atom is 0.226 e. The standard InChI is InChI=1S/C13H11Cl2N5/c1-20(6-8-2-4-9(14)5-3-8)12-10-11(17-7-16-10)18-13(15)19-12/h2-5,7H,6H2,1H3,(H,16,17,18,19). The van der Waals surface area contributed by atoms with Crippen molar-refractivity contribution in [2.45, 2.75) is 6.54 Å². The van der Waals surface area contributed by atoms with Gasteiger partial charge in [0.15, 0.2) is 11.5 Å². The van der Waals surface area contributed by atoms with Gasteiger partial charge in [-0.25, -0.2) is 4.98 Å². The molecule has 0 spiro atoms. The molecule has 0 radical (unpaired) electrons. The van der Waals surface area contributed by atoms with Gasteiger partial charge < -0.3 is 9.88 Å². The molecule has 7 heteroatoms. The molecule has 102 valence electrons. The quantitative estimate of drug-likeness (QED) is 0.754. The molecule has 0 aliphatic heterocycles. The molecule has 0 saturated heterocycles. The van der Waals surface area contributed by atoms with Gasteiger partial charge in [-0.15, -0.1) is 0 Å². The van der Waals surface area contributed by atoms with Crippen molar-refractivity contribution in [3.05, 3.63) is 46.5 Å². The second kappa shape index (κ2) is 5.26. The number of imidazole rings is 1. The third-order valence-electron chi connectivity index (χ3n) is 2.93. The number of anilines is 1. The Morgan fingerprint density at radius 2 is 1.90 bits per heavy atom. The minimum absolute atomic E-state index is 0.183. The van der Waals surface area contributed by atoms with E-state index in [0.717, 1.165) is 16.1 Å². The SMILES string of the molecule is CN(Cc1ccc(Cl)cc1)c1nc(Cl)nc2nc[nH]c12. The van der Waals surface area contributed by atoms with Crippen molar-refractivity contribution in [3.63, 3.8) is 0 Å². The Bertz CT molecular complexity index is 738. The number of hydrogen-bond acceptors (Lipinski definition) is 4. The van der Waals surface area contributed by atoms with Gasteiger partial charge in [0.2, 0.25) is 5.28 Å². The second-order valence-corrected chi connectivity index (χ2v) is 5.17. The Morgan fingerprint density at radius 1 is 1.15 bits per heavy atom. The number of hydrogen-bond donors (Lipinski definition) is 1. The summed E-state index contributed by atoms with van der Waals surface area (Å²) < 4.78 is 0. The summed E-state index contributed by atoms with van der Waals surface area (Å²) in [5.41, 5.74) is 2.45. The molecule has 0 unspecified atom stereocenters. The minimum atomic E-state index is 0.183. The van der Waals surface area contributed by atoms with Crippen LogP contribution in [0.4, 0.5) is 5.82 Å². The molecule has 3 aromatic rings. The molecule has 0 fully saturated rings. The van der Waals surface area contributed by atoms with Crippen molar-refractivity contribution in [2.24, 2.45) is 0 Å². The minimum Gasteiger partial charge on any atom is -0.353 e. The topological polar surface area (TPSA) is 57.7 Å². The average Bonchev–Trinajstić information content (AvgIpc) is 2.88. The number of nitrogens with one attached hydrogen (secondary N) is 1. The van der Waals surface area contributed by atoms with Gasteiger partial charge in [-0.1, -0.05) is 23.7 Å². The van der Waals surface area contributed by atoms with Crippen molar-refractivity contribution >= 4 is 40.2 Å². The summed E-state index contributed by atoms with van der Waals surface area (Å²) in [6.07, 6.45) is 1.58. The maximum absolute atomic E-state index is 5.93. The van der Waals surface area contributed by atoms with Crippen molar-refractivity contribution in [2.75, 3.05) is 11.9 Å². The highest BCUT2D eigenvalue weighted by Crippen LogP contribution is 2.23. The van der Waals surface area contributed by atoms with E-state index in [0.29, 0.717) is 18.0 Å². The van der Waals surface area contributed by atoms with Gasteiger partial charge in [0, 0.05) is 18.6 Å². The zero-order valence-electron chi connectivity index (χ0n) is 10.6. The van der Waals surface area contributed by atoms with Gasteiger partial charge in [0.25, 0.3) is 0 Å². The highest BCUT2D eigenvalue weighted by Gasteiger charge is 2.13. The van der Waals surface area contributed by atoms with E-state index in [-0.39, 0.29) is 5.28 Å². The smallest absolute Gasteiger partial charge is 0.226 e. The molecule has 2 heterocycles. The lowest BCUT2D eigenvalue weighted by Crippen LogP contribution is -2.18. The number of halogens is 2. The van der Waals surface area contributed by atoms with Crippen molar-refractivity contribution in [1.29, 1.82) is 0 Å². The molecule has 3 rings (SSSR count). The summed E-state index contributed by atoms with van der Waals surface area (Å²) in [6.45, 7) is 0.679. The van der Waals surface area contributed by atoms with Gasteiger partial charge in [-0.3, -0.25) is 0 Å². The van der Waals surface area contributed by atoms with Gasteiger partial charge in [-0.2, -0.15) is 9.97 Å². The first-order valence-corrected chi connectivity index (χ1v) is 6.71. The Kier molecular flexibility index (Phi) is 3.46. The summed E-state index contributed by atoms with van der Waals surface area (Å²) in [4.78, 5) is 17.5. The first-order valence-electron chi connectivity index (χ1n) is 5.95. The largest absolute Gasteiger partial charge is 0.353 e. The molecule has 20 heavy (non-hydrogen) atoms. The number of fused-ring (bicyclic) bond motifs is 1. The fourth-order valence-electron chi connectivity index (χ4n) is 2.01. The van der Waals surface area contributed by atoms with Crippen LogP contribution in [0.1, 0.15) is 5.56 Å². The fraction of sp³-hybridized carbons (Fsp3) is 0.154. The fourth-order valence-corrected chi connectivity index (χ4v) is 2.29. The van der Waals surface area contributed by atoms with E-state index in [1.807, 2.05) is 36.2 Å². The molecule has 0 bridgehead atoms. The van der Waals surface area contributed by atoms with Gasteiger partial charge in [0.05, 0.1) is 6.33 Å². The lowest BCUT2D eigenvalue weighted by atomic mass is 10.2. The molecule has 2 aromatic heterocycles. The van der Waals surface area contributed by atoms with Crippen LogP contribution >= 0.6 is 23.2 Å². The van der Waals surface area contributed by atoms with E-state index in [4.69, 9.17) is 23.2 Å². The summed E-state index contributed by atoms with van der Waals surface area (Å²) >= 11 is 11.8. The Labute approximate surface area is 125 Å². The Morgan fingerprint density at radius 3 is 2.65 bits per heavy atom. The van der Waals surface area contributed by atoms with Crippen LogP contribution in [0.15, 0.2) is 30.6 Å². The molecule has 0 aliphatic carbocycles. The Hall–Kier alpha value is -1.85. The average molecular weight is 308 g/mol. The zero-order valence-corrected chi connectivity index (χ0v) is 12.2. The number of aromatic nitrogens is 4. The number of H-pyrrole nitrogens is 1. The lowest BCUT2D eigenvalue weighted by molar-refractivity contribution is 0.898. The van der Waals surface area contributed by atoms with Crippen molar-refractivity contribution < 1.29 is 0 Å². The molecular weight excluding hydrogens is 297 g/mol. The van der Waals surface area contributed by atoms with Crippen LogP contribution in [-0.2, 0) is 6.54 Å². The monoisotopic (exact) mass is 307 g/mol. The van der Waals surface area contributed by atoms with E-state index in [1.54, 1.807) is 6.33 Å².